The summed E-state index contributed by atoms with van der Waals surface area (Å²) in [5, 5.41) is 0.487. The number of piperidine rings is 1. The maximum atomic E-state index is 12.3. The molecule has 1 aliphatic rings. The molecule has 0 atom stereocenters. The highest BCUT2D eigenvalue weighted by Gasteiger charge is 2.20. The van der Waals surface area contributed by atoms with E-state index in [1.165, 1.54) is 6.42 Å². The molecule has 1 aromatic rings. The Hall–Kier alpha value is -1.22. The van der Waals surface area contributed by atoms with Gasteiger partial charge in [-0.15, -0.1) is 0 Å². The zero-order chi connectivity index (χ0) is 12.3. The van der Waals surface area contributed by atoms with Crippen LogP contribution in [-0.2, 0) is 0 Å². The summed E-state index contributed by atoms with van der Waals surface area (Å²) in [6, 6.07) is 5.17. The highest BCUT2D eigenvalue weighted by atomic mass is 35.5. The molecule has 92 valence electrons. The van der Waals surface area contributed by atoms with Gasteiger partial charge >= 0.3 is 0 Å². The lowest BCUT2D eigenvalue weighted by atomic mass is 10.1. The second kappa shape index (κ2) is 5.41. The molecule has 3 nitrogen and oxygen atoms in total. The minimum Gasteiger partial charge on any atom is -0.497 e. The highest BCUT2D eigenvalue weighted by molar-refractivity contribution is 6.33. The van der Waals surface area contributed by atoms with E-state index < -0.39 is 0 Å². The fraction of sp³-hybridized carbons (Fsp3) is 0.462. The summed E-state index contributed by atoms with van der Waals surface area (Å²) < 4.78 is 5.12. The van der Waals surface area contributed by atoms with Gasteiger partial charge in [0.2, 0.25) is 0 Å². The number of carbonyl (C=O) groups is 1. The van der Waals surface area contributed by atoms with Gasteiger partial charge in [0.1, 0.15) is 5.75 Å². The lowest BCUT2D eigenvalue weighted by Crippen LogP contribution is -2.35. The first kappa shape index (κ1) is 12.2. The number of ether oxygens (including phenoxy) is 1. The van der Waals surface area contributed by atoms with Gasteiger partial charge in [-0.3, -0.25) is 4.79 Å². The van der Waals surface area contributed by atoms with Crippen LogP contribution in [0.5, 0.6) is 5.75 Å². The summed E-state index contributed by atoms with van der Waals surface area (Å²) in [6.07, 6.45) is 3.36. The van der Waals surface area contributed by atoms with Gasteiger partial charge in [0.15, 0.2) is 0 Å². The fourth-order valence-corrected chi connectivity index (χ4v) is 2.26. The Bertz CT molecular complexity index is 414. The highest BCUT2D eigenvalue weighted by Crippen LogP contribution is 2.24. The molecule has 1 amide bonds. The van der Waals surface area contributed by atoms with Crippen molar-refractivity contribution in [2.75, 3.05) is 20.2 Å². The SMILES string of the molecule is COc1ccc(Cl)c(C(=O)N2CCCCC2)c1. The van der Waals surface area contributed by atoms with Crippen molar-refractivity contribution in [2.45, 2.75) is 19.3 Å². The molecular weight excluding hydrogens is 238 g/mol. The number of likely N-dealkylation sites (tertiary alicyclic amines) is 1. The van der Waals surface area contributed by atoms with Crippen molar-refractivity contribution in [1.29, 1.82) is 0 Å². The van der Waals surface area contributed by atoms with Crippen molar-refractivity contribution < 1.29 is 9.53 Å². The van der Waals surface area contributed by atoms with Crippen LogP contribution in [0.2, 0.25) is 5.02 Å². The first-order valence-corrected chi connectivity index (χ1v) is 6.23. The standard InChI is InChI=1S/C13H16ClNO2/c1-17-10-5-6-12(14)11(9-10)13(16)15-7-3-2-4-8-15/h5-6,9H,2-4,7-8H2,1H3. The molecule has 1 aliphatic heterocycles. The second-order valence-corrected chi connectivity index (χ2v) is 4.61. The number of amides is 1. The van der Waals surface area contributed by atoms with Crippen LogP contribution in [-0.4, -0.2) is 31.0 Å². The van der Waals surface area contributed by atoms with Crippen molar-refractivity contribution >= 4 is 17.5 Å². The summed E-state index contributed by atoms with van der Waals surface area (Å²) >= 11 is 6.06. The summed E-state index contributed by atoms with van der Waals surface area (Å²) in [4.78, 5) is 14.1. The number of rotatable bonds is 2. The summed E-state index contributed by atoms with van der Waals surface area (Å²) in [6.45, 7) is 1.65. The zero-order valence-corrected chi connectivity index (χ0v) is 10.7. The third kappa shape index (κ3) is 2.72. The number of hydrogen-bond acceptors (Lipinski definition) is 2. The number of hydrogen-bond donors (Lipinski definition) is 0. The van der Waals surface area contributed by atoms with Crippen molar-refractivity contribution in [1.82, 2.24) is 4.90 Å². The molecule has 0 spiro atoms. The molecule has 1 aromatic carbocycles. The van der Waals surface area contributed by atoms with E-state index in [4.69, 9.17) is 16.3 Å². The van der Waals surface area contributed by atoms with Crippen LogP contribution in [0.3, 0.4) is 0 Å². The molecule has 1 saturated heterocycles. The average Bonchev–Trinajstić information content (AvgIpc) is 2.39. The van der Waals surface area contributed by atoms with E-state index in [1.54, 1.807) is 25.3 Å². The van der Waals surface area contributed by atoms with E-state index in [0.29, 0.717) is 16.3 Å². The Labute approximate surface area is 106 Å². The number of halogens is 1. The van der Waals surface area contributed by atoms with Crippen LogP contribution >= 0.6 is 11.6 Å². The molecule has 0 N–H and O–H groups in total. The number of methoxy groups -OCH3 is 1. The normalized spacial score (nSPS) is 15.8. The Morgan fingerprint density at radius 3 is 2.65 bits per heavy atom. The summed E-state index contributed by atoms with van der Waals surface area (Å²) in [5.74, 6) is 0.670. The van der Waals surface area contributed by atoms with Gasteiger partial charge in [-0.1, -0.05) is 11.6 Å². The van der Waals surface area contributed by atoms with Crippen LogP contribution in [0.1, 0.15) is 29.6 Å². The van der Waals surface area contributed by atoms with E-state index in [0.717, 1.165) is 25.9 Å². The Kier molecular flexibility index (Phi) is 3.89. The predicted octanol–water partition coefficient (Wildman–Crippen LogP) is 2.97. The smallest absolute Gasteiger partial charge is 0.255 e. The third-order valence-corrected chi connectivity index (χ3v) is 3.38. The molecule has 0 aromatic heterocycles. The third-order valence-electron chi connectivity index (χ3n) is 3.05. The van der Waals surface area contributed by atoms with Gasteiger partial charge in [-0.2, -0.15) is 0 Å². The summed E-state index contributed by atoms with van der Waals surface area (Å²) in [7, 11) is 1.58. The number of benzene rings is 1. The molecule has 2 rings (SSSR count). The van der Waals surface area contributed by atoms with E-state index >= 15 is 0 Å². The molecule has 0 aliphatic carbocycles. The van der Waals surface area contributed by atoms with Gasteiger partial charge in [0.25, 0.3) is 5.91 Å². The Balaban J connectivity index is 2.22. The van der Waals surface area contributed by atoms with Gasteiger partial charge in [0, 0.05) is 13.1 Å². The molecule has 0 saturated carbocycles. The Morgan fingerprint density at radius 2 is 2.00 bits per heavy atom. The van der Waals surface area contributed by atoms with Crippen LogP contribution in [0.15, 0.2) is 18.2 Å². The fourth-order valence-electron chi connectivity index (χ4n) is 2.06. The van der Waals surface area contributed by atoms with Crippen molar-refractivity contribution in [3.63, 3.8) is 0 Å². The second-order valence-electron chi connectivity index (χ2n) is 4.20. The number of nitrogens with zero attached hydrogens (tertiary/aromatic N) is 1. The first-order valence-electron chi connectivity index (χ1n) is 5.85. The zero-order valence-electron chi connectivity index (χ0n) is 9.91. The molecule has 1 heterocycles. The quantitative estimate of drug-likeness (QED) is 0.811. The van der Waals surface area contributed by atoms with Crippen LogP contribution < -0.4 is 4.74 Å². The maximum Gasteiger partial charge on any atom is 0.255 e. The molecule has 0 bridgehead atoms. The van der Waals surface area contributed by atoms with Crippen LogP contribution in [0, 0.1) is 0 Å². The van der Waals surface area contributed by atoms with Crippen LogP contribution in [0.4, 0.5) is 0 Å². The van der Waals surface area contributed by atoms with Gasteiger partial charge in [-0.25, -0.2) is 0 Å². The van der Waals surface area contributed by atoms with Gasteiger partial charge in [-0.05, 0) is 37.5 Å². The average molecular weight is 254 g/mol. The van der Waals surface area contributed by atoms with E-state index in [-0.39, 0.29) is 5.91 Å². The van der Waals surface area contributed by atoms with Crippen LogP contribution in [0.25, 0.3) is 0 Å². The minimum absolute atomic E-state index is 0.00796. The molecular formula is C13H16ClNO2. The molecule has 0 unspecified atom stereocenters. The largest absolute Gasteiger partial charge is 0.497 e. The topological polar surface area (TPSA) is 29.5 Å². The predicted molar refractivity (Wildman–Crippen MR) is 67.8 cm³/mol. The lowest BCUT2D eigenvalue weighted by Gasteiger charge is -2.27. The minimum atomic E-state index is 0.00796. The summed E-state index contributed by atoms with van der Waals surface area (Å²) in [5.41, 5.74) is 0.535. The van der Waals surface area contributed by atoms with Gasteiger partial charge in [0.05, 0.1) is 17.7 Å². The molecule has 17 heavy (non-hydrogen) atoms. The van der Waals surface area contributed by atoms with Crippen molar-refractivity contribution in [2.24, 2.45) is 0 Å². The maximum absolute atomic E-state index is 12.3. The van der Waals surface area contributed by atoms with Gasteiger partial charge < -0.3 is 9.64 Å². The molecule has 0 radical (unpaired) electrons. The van der Waals surface area contributed by atoms with E-state index in [9.17, 15) is 4.79 Å². The van der Waals surface area contributed by atoms with Crippen molar-refractivity contribution in [3.8, 4) is 5.75 Å². The molecule has 1 fully saturated rings. The van der Waals surface area contributed by atoms with E-state index in [2.05, 4.69) is 0 Å². The Morgan fingerprint density at radius 1 is 1.29 bits per heavy atom. The van der Waals surface area contributed by atoms with Crippen molar-refractivity contribution in [3.05, 3.63) is 28.8 Å². The lowest BCUT2D eigenvalue weighted by molar-refractivity contribution is 0.0724. The monoisotopic (exact) mass is 253 g/mol. The molecule has 4 heteroatoms. The first-order chi connectivity index (χ1) is 8.22. The number of carbonyl (C=O) groups excluding carboxylic acids is 1. The van der Waals surface area contributed by atoms with E-state index in [1.807, 2.05) is 4.90 Å².